The molecule has 17 heavy (non-hydrogen) atoms. The lowest BCUT2D eigenvalue weighted by Crippen LogP contribution is -2.51. The van der Waals surface area contributed by atoms with Gasteiger partial charge in [-0.15, -0.1) is 0 Å². The second-order valence-corrected chi connectivity index (χ2v) is 8.34. The summed E-state index contributed by atoms with van der Waals surface area (Å²) in [5.74, 6) is 0. The van der Waals surface area contributed by atoms with Gasteiger partial charge in [-0.05, 0) is 54.9 Å². The lowest BCUT2D eigenvalue weighted by Gasteiger charge is -2.52. The molecule has 4 heteroatoms. The van der Waals surface area contributed by atoms with E-state index in [1.165, 1.54) is 6.42 Å². The van der Waals surface area contributed by atoms with Gasteiger partial charge in [0.2, 0.25) is 0 Å². The second-order valence-electron chi connectivity index (χ2n) is 6.61. The van der Waals surface area contributed by atoms with E-state index in [-0.39, 0.29) is 11.1 Å². The molecule has 0 aromatic rings. The Kier molecular flexibility index (Phi) is 4.99. The SMILES string of the molecule is CCOP1N(C(C)(C)C)CCCN1C(C)(C)C. The molecule has 3 nitrogen and oxygen atoms in total. The first-order chi connectivity index (χ1) is 7.68. The van der Waals surface area contributed by atoms with Crippen molar-refractivity contribution in [1.82, 2.24) is 9.34 Å². The van der Waals surface area contributed by atoms with Gasteiger partial charge in [0.05, 0.1) is 6.61 Å². The largest absolute Gasteiger partial charge is 0.332 e. The van der Waals surface area contributed by atoms with Crippen LogP contribution in [0.4, 0.5) is 0 Å². The molecule has 0 spiro atoms. The zero-order valence-electron chi connectivity index (χ0n) is 12.6. The summed E-state index contributed by atoms with van der Waals surface area (Å²) in [7, 11) is -0.608. The molecule has 1 aliphatic heterocycles. The van der Waals surface area contributed by atoms with E-state index < -0.39 is 8.45 Å². The third kappa shape index (κ3) is 3.89. The van der Waals surface area contributed by atoms with Gasteiger partial charge in [0.1, 0.15) is 0 Å². The van der Waals surface area contributed by atoms with E-state index in [0.29, 0.717) is 0 Å². The summed E-state index contributed by atoms with van der Waals surface area (Å²) >= 11 is 0. The van der Waals surface area contributed by atoms with Crippen molar-refractivity contribution in [2.45, 2.75) is 66.0 Å². The number of rotatable bonds is 2. The highest BCUT2D eigenvalue weighted by molar-refractivity contribution is 7.47. The summed E-state index contributed by atoms with van der Waals surface area (Å²) in [4.78, 5) is 0. The first-order valence-electron chi connectivity index (χ1n) is 6.66. The molecule has 0 aromatic heterocycles. The molecule has 1 aliphatic rings. The molecule has 102 valence electrons. The van der Waals surface area contributed by atoms with Gasteiger partial charge in [0.25, 0.3) is 0 Å². The van der Waals surface area contributed by atoms with E-state index in [4.69, 9.17) is 4.52 Å². The summed E-state index contributed by atoms with van der Waals surface area (Å²) in [5, 5.41) is 0. The number of hydrogen-bond acceptors (Lipinski definition) is 3. The van der Waals surface area contributed by atoms with E-state index in [1.54, 1.807) is 0 Å². The van der Waals surface area contributed by atoms with Gasteiger partial charge in [-0.3, -0.25) is 0 Å². The summed E-state index contributed by atoms with van der Waals surface area (Å²) < 4.78 is 11.2. The van der Waals surface area contributed by atoms with Crippen molar-refractivity contribution >= 4 is 8.45 Å². The van der Waals surface area contributed by atoms with Crippen molar-refractivity contribution in [2.75, 3.05) is 19.7 Å². The first-order valence-corrected chi connectivity index (χ1v) is 7.82. The van der Waals surface area contributed by atoms with Crippen LogP contribution >= 0.6 is 8.45 Å². The average molecular weight is 260 g/mol. The zero-order chi connectivity index (χ0) is 13.3. The smallest absolute Gasteiger partial charge is 0.188 e. The Morgan fingerprint density at radius 3 is 1.65 bits per heavy atom. The second kappa shape index (κ2) is 5.52. The van der Waals surface area contributed by atoms with Gasteiger partial charge >= 0.3 is 0 Å². The Labute approximate surface area is 108 Å². The molecular formula is C13H29N2OP. The third-order valence-electron chi connectivity index (χ3n) is 2.95. The van der Waals surface area contributed by atoms with Gasteiger partial charge in [-0.2, -0.15) is 0 Å². The number of hydrogen-bond donors (Lipinski definition) is 0. The normalized spacial score (nSPS) is 22.1. The van der Waals surface area contributed by atoms with Crippen LogP contribution in [0.1, 0.15) is 54.9 Å². The fourth-order valence-electron chi connectivity index (χ4n) is 2.11. The lowest BCUT2D eigenvalue weighted by molar-refractivity contribution is 0.125. The molecule has 0 saturated carbocycles. The molecule has 1 fully saturated rings. The summed E-state index contributed by atoms with van der Waals surface area (Å²) in [5.41, 5.74) is 0.371. The van der Waals surface area contributed by atoms with E-state index in [9.17, 15) is 0 Å². The minimum absolute atomic E-state index is 0.185. The fourth-order valence-corrected chi connectivity index (χ4v) is 4.53. The van der Waals surface area contributed by atoms with Crippen LogP contribution in [-0.2, 0) is 4.52 Å². The predicted molar refractivity (Wildman–Crippen MR) is 76.1 cm³/mol. The van der Waals surface area contributed by atoms with E-state index >= 15 is 0 Å². The molecule has 0 atom stereocenters. The first kappa shape index (κ1) is 15.4. The molecule has 1 saturated heterocycles. The molecule has 0 amide bonds. The highest BCUT2D eigenvalue weighted by atomic mass is 31.2. The molecule has 0 radical (unpaired) electrons. The average Bonchev–Trinajstić information content (AvgIpc) is 2.15. The molecule has 0 aromatic carbocycles. The minimum atomic E-state index is -0.608. The third-order valence-corrected chi connectivity index (χ3v) is 5.86. The van der Waals surface area contributed by atoms with E-state index in [1.807, 2.05) is 0 Å². The van der Waals surface area contributed by atoms with Crippen molar-refractivity contribution in [3.05, 3.63) is 0 Å². The number of nitrogens with zero attached hydrogens (tertiary/aromatic N) is 2. The van der Waals surface area contributed by atoms with E-state index in [2.05, 4.69) is 57.8 Å². The topological polar surface area (TPSA) is 15.7 Å². The van der Waals surface area contributed by atoms with Gasteiger partial charge in [0.15, 0.2) is 8.45 Å². The minimum Gasteiger partial charge on any atom is -0.332 e. The van der Waals surface area contributed by atoms with Crippen LogP contribution < -0.4 is 0 Å². The van der Waals surface area contributed by atoms with Gasteiger partial charge < -0.3 is 4.52 Å². The maximum absolute atomic E-state index is 6.08. The van der Waals surface area contributed by atoms with Crippen LogP contribution in [0.25, 0.3) is 0 Å². The van der Waals surface area contributed by atoms with E-state index in [0.717, 1.165) is 19.7 Å². The van der Waals surface area contributed by atoms with Crippen molar-refractivity contribution in [2.24, 2.45) is 0 Å². The summed E-state index contributed by atoms with van der Waals surface area (Å²) in [6.07, 6.45) is 1.24. The standard InChI is InChI=1S/C13H29N2OP/c1-8-16-17-14(12(2,3)4)10-9-11-15(17)13(5,6)7/h8-11H2,1-7H3. The Hall–Kier alpha value is 0.310. The predicted octanol–water partition coefficient (Wildman–Crippen LogP) is 3.85. The van der Waals surface area contributed by atoms with Gasteiger partial charge in [0, 0.05) is 24.2 Å². The summed E-state index contributed by atoms with van der Waals surface area (Å²) in [6, 6.07) is 0. The van der Waals surface area contributed by atoms with Crippen molar-refractivity contribution in [1.29, 1.82) is 0 Å². The van der Waals surface area contributed by atoms with Crippen molar-refractivity contribution < 1.29 is 4.52 Å². The molecule has 0 unspecified atom stereocenters. The van der Waals surface area contributed by atoms with Crippen LogP contribution in [0.15, 0.2) is 0 Å². The van der Waals surface area contributed by atoms with Crippen molar-refractivity contribution in [3.63, 3.8) is 0 Å². The Morgan fingerprint density at radius 2 is 1.35 bits per heavy atom. The monoisotopic (exact) mass is 260 g/mol. The van der Waals surface area contributed by atoms with Gasteiger partial charge in [-0.25, -0.2) is 9.34 Å². The lowest BCUT2D eigenvalue weighted by atomic mass is 10.1. The molecule has 1 rings (SSSR count). The molecule has 0 N–H and O–H groups in total. The Bertz CT molecular complexity index is 223. The molecule has 0 bridgehead atoms. The van der Waals surface area contributed by atoms with Gasteiger partial charge in [-0.1, -0.05) is 0 Å². The Balaban J connectivity index is 2.92. The molecule has 0 aliphatic carbocycles. The van der Waals surface area contributed by atoms with Crippen LogP contribution in [-0.4, -0.2) is 40.1 Å². The summed E-state index contributed by atoms with van der Waals surface area (Å²) in [6.45, 7) is 18.9. The Morgan fingerprint density at radius 1 is 0.941 bits per heavy atom. The maximum atomic E-state index is 6.08. The van der Waals surface area contributed by atoms with Crippen LogP contribution in [0.2, 0.25) is 0 Å². The molecule has 1 heterocycles. The van der Waals surface area contributed by atoms with Crippen LogP contribution in [0, 0.1) is 0 Å². The highest BCUT2D eigenvalue weighted by Crippen LogP contribution is 2.54. The highest BCUT2D eigenvalue weighted by Gasteiger charge is 2.41. The maximum Gasteiger partial charge on any atom is 0.188 e. The molecular weight excluding hydrogens is 231 g/mol. The fraction of sp³-hybridized carbons (Fsp3) is 1.00. The zero-order valence-corrected chi connectivity index (χ0v) is 13.5. The van der Waals surface area contributed by atoms with Crippen molar-refractivity contribution in [3.8, 4) is 0 Å². The quantitative estimate of drug-likeness (QED) is 0.701. The van der Waals surface area contributed by atoms with Crippen LogP contribution in [0.3, 0.4) is 0 Å². The van der Waals surface area contributed by atoms with Crippen LogP contribution in [0.5, 0.6) is 0 Å².